The minimum absolute atomic E-state index is 0.0573. The Morgan fingerprint density at radius 1 is 1.15 bits per heavy atom. The Morgan fingerprint density at radius 3 is 2.70 bits per heavy atom. The summed E-state index contributed by atoms with van der Waals surface area (Å²) in [5, 5.41) is 6.84. The molecule has 27 heavy (non-hydrogen) atoms. The second kappa shape index (κ2) is 7.35. The van der Waals surface area contributed by atoms with Gasteiger partial charge in [0.25, 0.3) is 5.91 Å². The number of carbonyl (C=O) groups excluding carboxylic acids is 1. The lowest BCUT2D eigenvalue weighted by molar-refractivity contribution is 0.0705. The molecule has 0 bridgehead atoms. The standard InChI is InChI=1S/C22H24N4O/c1-15-11-19(17-7-4-3-5-8-17)12-21(24-15)18-9-6-10-26(14-18)22(27)20-13-23-25-16(20)2/h3-5,7-8,11-13,18H,6,9-10,14H2,1-2H3,(H,23,25). The number of benzene rings is 1. The molecule has 0 aliphatic carbocycles. The van der Waals surface area contributed by atoms with Crippen LogP contribution < -0.4 is 0 Å². The third-order valence-electron chi connectivity index (χ3n) is 5.27. The van der Waals surface area contributed by atoms with Crippen LogP contribution >= 0.6 is 0 Å². The summed E-state index contributed by atoms with van der Waals surface area (Å²) >= 11 is 0. The van der Waals surface area contributed by atoms with Crippen LogP contribution in [0.2, 0.25) is 0 Å². The summed E-state index contributed by atoms with van der Waals surface area (Å²) in [5.74, 6) is 0.319. The molecule has 0 spiro atoms. The molecule has 3 aromatic rings. The Morgan fingerprint density at radius 2 is 1.96 bits per heavy atom. The molecule has 1 fully saturated rings. The third kappa shape index (κ3) is 3.63. The first-order valence-electron chi connectivity index (χ1n) is 9.45. The first kappa shape index (κ1) is 17.5. The monoisotopic (exact) mass is 360 g/mol. The summed E-state index contributed by atoms with van der Waals surface area (Å²) in [5.41, 5.74) is 5.96. The van der Waals surface area contributed by atoms with Crippen LogP contribution in [0.1, 0.15) is 46.2 Å². The second-order valence-electron chi connectivity index (χ2n) is 7.29. The molecule has 1 aliphatic heterocycles. The van der Waals surface area contributed by atoms with Crippen LogP contribution in [-0.2, 0) is 0 Å². The molecule has 5 nitrogen and oxygen atoms in total. The Labute approximate surface area is 159 Å². The normalized spacial score (nSPS) is 17.1. The minimum Gasteiger partial charge on any atom is -0.338 e. The predicted octanol–water partition coefficient (Wildman–Crippen LogP) is 4.11. The zero-order chi connectivity index (χ0) is 18.8. The number of aromatic nitrogens is 3. The molecule has 0 saturated carbocycles. The van der Waals surface area contributed by atoms with Gasteiger partial charge in [-0.2, -0.15) is 5.10 Å². The summed E-state index contributed by atoms with van der Waals surface area (Å²) in [6.07, 6.45) is 3.67. The van der Waals surface area contributed by atoms with E-state index in [1.54, 1.807) is 6.20 Å². The zero-order valence-electron chi connectivity index (χ0n) is 15.8. The average Bonchev–Trinajstić information content (AvgIpc) is 3.13. The molecule has 1 atom stereocenters. The van der Waals surface area contributed by atoms with E-state index in [1.807, 2.05) is 24.8 Å². The molecule has 1 aromatic carbocycles. The fraction of sp³-hybridized carbons (Fsp3) is 0.318. The number of amides is 1. The van der Waals surface area contributed by atoms with Gasteiger partial charge in [-0.05, 0) is 49.9 Å². The maximum absolute atomic E-state index is 12.9. The Hall–Kier alpha value is -2.95. The molecular weight excluding hydrogens is 336 g/mol. The molecule has 138 valence electrons. The molecule has 5 heteroatoms. The van der Waals surface area contributed by atoms with Crippen molar-refractivity contribution in [2.24, 2.45) is 0 Å². The quantitative estimate of drug-likeness (QED) is 0.765. The smallest absolute Gasteiger partial charge is 0.257 e. The molecule has 1 unspecified atom stereocenters. The second-order valence-corrected chi connectivity index (χ2v) is 7.29. The number of rotatable bonds is 3. The molecular formula is C22H24N4O. The van der Waals surface area contributed by atoms with Crippen molar-refractivity contribution in [3.05, 3.63) is 71.3 Å². The van der Waals surface area contributed by atoms with Gasteiger partial charge < -0.3 is 4.90 Å². The number of likely N-dealkylation sites (tertiary alicyclic amines) is 1. The Bertz CT molecular complexity index is 948. The van der Waals surface area contributed by atoms with Crippen LogP contribution in [0, 0.1) is 13.8 Å². The van der Waals surface area contributed by atoms with E-state index in [9.17, 15) is 4.79 Å². The lowest BCUT2D eigenvalue weighted by Crippen LogP contribution is -2.39. The number of carbonyl (C=O) groups is 1. The van der Waals surface area contributed by atoms with Gasteiger partial charge in [-0.15, -0.1) is 0 Å². The highest BCUT2D eigenvalue weighted by molar-refractivity contribution is 5.95. The van der Waals surface area contributed by atoms with Crippen LogP contribution in [-0.4, -0.2) is 39.1 Å². The fourth-order valence-electron chi connectivity index (χ4n) is 3.84. The first-order valence-corrected chi connectivity index (χ1v) is 9.45. The van der Waals surface area contributed by atoms with Gasteiger partial charge in [0.15, 0.2) is 0 Å². The SMILES string of the molecule is Cc1cc(-c2ccccc2)cc(C2CCCN(C(=O)c3cn[nH]c3C)C2)n1. The summed E-state index contributed by atoms with van der Waals surface area (Å²) in [6.45, 7) is 5.41. The molecule has 1 N–H and O–H groups in total. The number of pyridine rings is 1. The molecule has 1 amide bonds. The number of H-pyrrole nitrogens is 1. The number of hydrogen-bond acceptors (Lipinski definition) is 3. The lowest BCUT2D eigenvalue weighted by atomic mass is 9.92. The molecule has 2 aromatic heterocycles. The van der Waals surface area contributed by atoms with Crippen molar-refractivity contribution < 1.29 is 4.79 Å². The third-order valence-corrected chi connectivity index (χ3v) is 5.27. The highest BCUT2D eigenvalue weighted by Gasteiger charge is 2.28. The van der Waals surface area contributed by atoms with E-state index in [0.29, 0.717) is 12.1 Å². The number of aromatic amines is 1. The van der Waals surface area contributed by atoms with Gasteiger partial charge in [0.1, 0.15) is 0 Å². The summed E-state index contributed by atoms with van der Waals surface area (Å²) in [4.78, 5) is 19.6. The number of hydrogen-bond donors (Lipinski definition) is 1. The number of aryl methyl sites for hydroxylation is 2. The largest absolute Gasteiger partial charge is 0.338 e. The van der Waals surface area contributed by atoms with Crippen molar-refractivity contribution in [1.29, 1.82) is 0 Å². The van der Waals surface area contributed by atoms with E-state index in [4.69, 9.17) is 4.98 Å². The number of nitrogens with zero attached hydrogens (tertiary/aromatic N) is 3. The van der Waals surface area contributed by atoms with E-state index < -0.39 is 0 Å². The Balaban J connectivity index is 1.59. The maximum Gasteiger partial charge on any atom is 0.257 e. The van der Waals surface area contributed by atoms with Crippen LogP contribution in [0.4, 0.5) is 0 Å². The van der Waals surface area contributed by atoms with Gasteiger partial charge in [-0.3, -0.25) is 14.9 Å². The van der Waals surface area contributed by atoms with Crippen molar-refractivity contribution in [1.82, 2.24) is 20.1 Å². The maximum atomic E-state index is 12.9. The van der Waals surface area contributed by atoms with Crippen LogP contribution in [0.25, 0.3) is 11.1 Å². The van der Waals surface area contributed by atoms with Gasteiger partial charge >= 0.3 is 0 Å². The van der Waals surface area contributed by atoms with Crippen molar-refractivity contribution >= 4 is 5.91 Å². The van der Waals surface area contributed by atoms with E-state index in [0.717, 1.165) is 36.5 Å². The lowest BCUT2D eigenvalue weighted by Gasteiger charge is -2.32. The van der Waals surface area contributed by atoms with E-state index in [-0.39, 0.29) is 11.8 Å². The highest BCUT2D eigenvalue weighted by Crippen LogP contribution is 2.30. The van der Waals surface area contributed by atoms with Gasteiger partial charge in [0.2, 0.25) is 0 Å². The molecule has 0 radical (unpaired) electrons. The number of nitrogens with one attached hydrogen (secondary N) is 1. The molecule has 3 heterocycles. The van der Waals surface area contributed by atoms with Crippen LogP contribution in [0.3, 0.4) is 0 Å². The van der Waals surface area contributed by atoms with Crippen molar-refractivity contribution in [3.8, 4) is 11.1 Å². The van der Waals surface area contributed by atoms with Crippen molar-refractivity contribution in [2.45, 2.75) is 32.6 Å². The predicted molar refractivity (Wildman–Crippen MR) is 106 cm³/mol. The summed E-state index contributed by atoms with van der Waals surface area (Å²) < 4.78 is 0. The van der Waals surface area contributed by atoms with E-state index in [2.05, 4.69) is 46.6 Å². The van der Waals surface area contributed by atoms with Gasteiger partial charge in [-0.1, -0.05) is 30.3 Å². The topological polar surface area (TPSA) is 61.9 Å². The zero-order valence-corrected chi connectivity index (χ0v) is 15.8. The Kier molecular flexibility index (Phi) is 4.75. The fourth-order valence-corrected chi connectivity index (χ4v) is 3.84. The first-order chi connectivity index (χ1) is 13.1. The van der Waals surface area contributed by atoms with Gasteiger partial charge in [0.05, 0.1) is 11.8 Å². The van der Waals surface area contributed by atoms with Crippen LogP contribution in [0.15, 0.2) is 48.7 Å². The average molecular weight is 360 g/mol. The minimum atomic E-state index is 0.0573. The summed E-state index contributed by atoms with van der Waals surface area (Å²) in [7, 11) is 0. The number of piperidine rings is 1. The van der Waals surface area contributed by atoms with Gasteiger partial charge in [0, 0.05) is 36.1 Å². The van der Waals surface area contributed by atoms with Crippen molar-refractivity contribution in [3.63, 3.8) is 0 Å². The molecule has 4 rings (SSSR count). The summed E-state index contributed by atoms with van der Waals surface area (Å²) in [6, 6.07) is 14.7. The van der Waals surface area contributed by atoms with E-state index >= 15 is 0 Å². The molecule has 1 aliphatic rings. The van der Waals surface area contributed by atoms with Crippen LogP contribution in [0.5, 0.6) is 0 Å². The van der Waals surface area contributed by atoms with E-state index in [1.165, 1.54) is 11.1 Å². The highest BCUT2D eigenvalue weighted by atomic mass is 16.2. The van der Waals surface area contributed by atoms with Crippen molar-refractivity contribution in [2.75, 3.05) is 13.1 Å². The molecule has 1 saturated heterocycles. The van der Waals surface area contributed by atoms with Gasteiger partial charge in [-0.25, -0.2) is 0 Å².